The third-order valence-electron chi connectivity index (χ3n) is 3.46. The minimum atomic E-state index is -0.666. The predicted octanol–water partition coefficient (Wildman–Crippen LogP) is 3.67. The molecule has 0 aliphatic heterocycles. The van der Waals surface area contributed by atoms with E-state index in [2.05, 4.69) is 6.58 Å². The maximum absolute atomic E-state index is 12.2. The van der Waals surface area contributed by atoms with Crippen molar-refractivity contribution in [3.63, 3.8) is 0 Å². The van der Waals surface area contributed by atoms with Crippen molar-refractivity contribution in [3.8, 4) is 11.5 Å². The zero-order valence-electron chi connectivity index (χ0n) is 15.8. The van der Waals surface area contributed by atoms with Crippen molar-refractivity contribution in [1.29, 1.82) is 0 Å². The monoisotopic (exact) mass is 349 g/mol. The largest absolute Gasteiger partial charge is 0.493 e. The zero-order valence-corrected chi connectivity index (χ0v) is 15.8. The van der Waals surface area contributed by atoms with E-state index in [-0.39, 0.29) is 12.5 Å². The second-order valence-corrected chi connectivity index (χ2v) is 6.51. The predicted molar refractivity (Wildman–Crippen MR) is 97.0 cm³/mol. The van der Waals surface area contributed by atoms with Crippen LogP contribution in [0.3, 0.4) is 0 Å². The molecule has 0 unspecified atom stereocenters. The second kappa shape index (κ2) is 8.55. The molecule has 1 rings (SSSR count). The molecule has 2 amide bonds. The van der Waals surface area contributed by atoms with Gasteiger partial charge in [0.15, 0.2) is 11.5 Å². The number of amides is 2. The molecule has 138 valence electrons. The molecule has 0 spiro atoms. The third kappa shape index (κ3) is 5.81. The summed E-state index contributed by atoms with van der Waals surface area (Å²) in [7, 11) is 3.11. The van der Waals surface area contributed by atoms with Gasteiger partial charge in [0.1, 0.15) is 5.60 Å². The molecule has 0 heterocycles. The van der Waals surface area contributed by atoms with Crippen LogP contribution in [-0.2, 0) is 16.0 Å². The first-order valence-corrected chi connectivity index (χ1v) is 8.01. The highest BCUT2D eigenvalue weighted by Gasteiger charge is 2.25. The van der Waals surface area contributed by atoms with Gasteiger partial charge in [-0.2, -0.15) is 0 Å². The van der Waals surface area contributed by atoms with Crippen LogP contribution in [0, 0.1) is 0 Å². The number of methoxy groups -OCH3 is 2. The highest BCUT2D eigenvalue weighted by Crippen LogP contribution is 2.31. The Morgan fingerprint density at radius 1 is 1.16 bits per heavy atom. The molecule has 25 heavy (non-hydrogen) atoms. The highest BCUT2D eigenvalue weighted by molar-refractivity contribution is 5.90. The lowest BCUT2D eigenvalue weighted by atomic mass is 10.0. The Morgan fingerprint density at radius 3 is 2.16 bits per heavy atom. The summed E-state index contributed by atoms with van der Waals surface area (Å²) in [5.41, 5.74) is 1.08. The summed E-state index contributed by atoms with van der Waals surface area (Å²) in [6.07, 6.45) is 1.49. The van der Waals surface area contributed by atoms with Gasteiger partial charge in [-0.05, 0) is 50.5 Å². The van der Waals surface area contributed by atoms with Crippen LogP contribution in [0.25, 0.3) is 6.08 Å². The van der Waals surface area contributed by atoms with Crippen molar-refractivity contribution >= 4 is 18.1 Å². The van der Waals surface area contributed by atoms with Gasteiger partial charge in [0.05, 0.1) is 14.2 Å². The Hall–Kier alpha value is -2.50. The van der Waals surface area contributed by atoms with Gasteiger partial charge in [-0.15, -0.1) is 0 Å². The SMILES string of the molecule is C=Cc1cc(OC)c(OC)cc1CCN(C(C)=O)C(=O)OC(C)(C)C. The standard InChI is InChI=1S/C19H27NO5/c1-8-14-11-16(23-6)17(24-7)12-15(14)9-10-20(13(2)21)18(22)25-19(3,4)5/h8,11-12H,1,9-10H2,2-7H3. The van der Waals surface area contributed by atoms with Gasteiger partial charge in [-0.1, -0.05) is 12.7 Å². The molecule has 0 fully saturated rings. The van der Waals surface area contributed by atoms with Crippen molar-refractivity contribution in [2.45, 2.75) is 39.7 Å². The average molecular weight is 349 g/mol. The van der Waals surface area contributed by atoms with Crippen molar-refractivity contribution in [2.24, 2.45) is 0 Å². The Labute approximate surface area is 149 Å². The molecular formula is C19H27NO5. The maximum atomic E-state index is 12.2. The number of benzene rings is 1. The molecular weight excluding hydrogens is 322 g/mol. The fourth-order valence-electron chi connectivity index (χ4n) is 2.27. The van der Waals surface area contributed by atoms with Crippen LogP contribution in [0.15, 0.2) is 18.7 Å². The Kier molecular flexibility index (Phi) is 7.03. The lowest BCUT2D eigenvalue weighted by molar-refractivity contribution is -0.128. The second-order valence-electron chi connectivity index (χ2n) is 6.51. The van der Waals surface area contributed by atoms with E-state index in [1.54, 1.807) is 41.1 Å². The van der Waals surface area contributed by atoms with Crippen molar-refractivity contribution in [2.75, 3.05) is 20.8 Å². The summed E-state index contributed by atoms with van der Waals surface area (Å²) >= 11 is 0. The molecule has 0 radical (unpaired) electrons. The van der Waals surface area contributed by atoms with Crippen LogP contribution < -0.4 is 9.47 Å². The van der Waals surface area contributed by atoms with Crippen LogP contribution in [0.2, 0.25) is 0 Å². The molecule has 6 heteroatoms. The Balaban J connectivity index is 3.01. The van der Waals surface area contributed by atoms with E-state index in [0.717, 1.165) is 16.0 Å². The van der Waals surface area contributed by atoms with Gasteiger partial charge in [-0.25, -0.2) is 9.69 Å². The van der Waals surface area contributed by atoms with Gasteiger partial charge in [0.25, 0.3) is 0 Å². The Morgan fingerprint density at radius 2 is 1.72 bits per heavy atom. The van der Waals surface area contributed by atoms with Gasteiger partial charge in [0.2, 0.25) is 5.91 Å². The number of rotatable bonds is 6. The fourth-order valence-corrected chi connectivity index (χ4v) is 2.27. The first-order chi connectivity index (χ1) is 11.6. The number of carbonyl (C=O) groups excluding carboxylic acids is 2. The molecule has 1 aromatic rings. The van der Waals surface area contributed by atoms with E-state index in [1.165, 1.54) is 6.92 Å². The first kappa shape index (κ1) is 20.5. The topological polar surface area (TPSA) is 65.1 Å². The summed E-state index contributed by atoms with van der Waals surface area (Å²) in [6, 6.07) is 3.63. The summed E-state index contributed by atoms with van der Waals surface area (Å²) in [4.78, 5) is 25.1. The minimum Gasteiger partial charge on any atom is -0.493 e. The van der Waals surface area contributed by atoms with E-state index < -0.39 is 11.7 Å². The molecule has 0 bridgehead atoms. The normalized spacial score (nSPS) is 10.8. The lowest BCUT2D eigenvalue weighted by Gasteiger charge is -2.25. The van der Waals surface area contributed by atoms with Crippen LogP contribution in [0.4, 0.5) is 4.79 Å². The van der Waals surface area contributed by atoms with E-state index in [1.807, 2.05) is 12.1 Å². The van der Waals surface area contributed by atoms with Gasteiger partial charge < -0.3 is 14.2 Å². The molecule has 0 saturated carbocycles. The molecule has 0 aromatic heterocycles. The van der Waals surface area contributed by atoms with Crippen molar-refractivity contribution < 1.29 is 23.8 Å². The van der Waals surface area contributed by atoms with Crippen LogP contribution in [0.5, 0.6) is 11.5 Å². The number of ether oxygens (including phenoxy) is 3. The van der Waals surface area contributed by atoms with E-state index in [0.29, 0.717) is 17.9 Å². The fraction of sp³-hybridized carbons (Fsp3) is 0.474. The summed E-state index contributed by atoms with van der Waals surface area (Å²) < 4.78 is 15.9. The van der Waals surface area contributed by atoms with E-state index >= 15 is 0 Å². The minimum absolute atomic E-state index is 0.195. The first-order valence-electron chi connectivity index (χ1n) is 8.01. The quantitative estimate of drug-likeness (QED) is 0.784. The summed E-state index contributed by atoms with van der Waals surface area (Å²) in [6.45, 7) is 10.6. The number of hydrogen-bond acceptors (Lipinski definition) is 5. The lowest BCUT2D eigenvalue weighted by Crippen LogP contribution is -2.40. The Bertz CT molecular complexity index is 646. The number of hydrogen-bond donors (Lipinski definition) is 0. The zero-order chi connectivity index (χ0) is 19.2. The number of nitrogens with zero attached hydrogens (tertiary/aromatic N) is 1. The van der Waals surface area contributed by atoms with Gasteiger partial charge in [0, 0.05) is 13.5 Å². The molecule has 0 atom stereocenters. The van der Waals surface area contributed by atoms with Crippen molar-refractivity contribution in [3.05, 3.63) is 29.8 Å². The third-order valence-corrected chi connectivity index (χ3v) is 3.46. The van der Waals surface area contributed by atoms with Gasteiger partial charge in [-0.3, -0.25) is 4.79 Å². The molecule has 0 N–H and O–H groups in total. The molecule has 0 aliphatic carbocycles. The van der Waals surface area contributed by atoms with Crippen LogP contribution >= 0.6 is 0 Å². The van der Waals surface area contributed by atoms with Crippen LogP contribution in [-0.4, -0.2) is 43.3 Å². The molecule has 1 aromatic carbocycles. The smallest absolute Gasteiger partial charge is 0.417 e. The van der Waals surface area contributed by atoms with E-state index in [4.69, 9.17) is 14.2 Å². The summed E-state index contributed by atoms with van der Waals surface area (Å²) in [5.74, 6) is 0.807. The number of imide groups is 1. The molecule has 0 aliphatic rings. The van der Waals surface area contributed by atoms with E-state index in [9.17, 15) is 9.59 Å². The van der Waals surface area contributed by atoms with Gasteiger partial charge >= 0.3 is 6.09 Å². The summed E-state index contributed by atoms with van der Waals surface area (Å²) in [5, 5.41) is 0. The molecule has 0 saturated heterocycles. The average Bonchev–Trinajstić information content (AvgIpc) is 2.52. The maximum Gasteiger partial charge on any atom is 0.417 e. The number of carbonyl (C=O) groups is 2. The van der Waals surface area contributed by atoms with Crippen LogP contribution in [0.1, 0.15) is 38.8 Å². The highest BCUT2D eigenvalue weighted by atomic mass is 16.6. The molecule has 6 nitrogen and oxygen atoms in total. The van der Waals surface area contributed by atoms with Crippen molar-refractivity contribution in [1.82, 2.24) is 4.90 Å².